The number of nitrogens with zero attached hydrogens (tertiary/aromatic N) is 1. The zero-order chi connectivity index (χ0) is 16.7. The molecule has 0 unspecified atom stereocenters. The van der Waals surface area contributed by atoms with Crippen molar-refractivity contribution in [1.82, 2.24) is 10.3 Å². The molecule has 1 N–H and O–H groups in total. The fourth-order valence-electron chi connectivity index (χ4n) is 1.91. The van der Waals surface area contributed by atoms with Crippen LogP contribution in [0.25, 0.3) is 0 Å². The fraction of sp³-hybridized carbons (Fsp3) is 0.250. The lowest BCUT2D eigenvalue weighted by Gasteiger charge is -2.09. The third-order valence-corrected chi connectivity index (χ3v) is 3.04. The first-order valence-electron chi connectivity index (χ1n) is 6.93. The van der Waals surface area contributed by atoms with E-state index in [4.69, 9.17) is 0 Å². The zero-order valence-corrected chi connectivity index (χ0v) is 12.1. The molecule has 1 amide bonds. The number of benzene rings is 1. The number of nitrogens with one attached hydrogen (secondary N) is 1. The number of hydrogen-bond acceptors (Lipinski definition) is 3. The van der Waals surface area contributed by atoms with E-state index in [9.17, 15) is 18.0 Å². The third kappa shape index (κ3) is 6.37. The van der Waals surface area contributed by atoms with E-state index in [0.717, 1.165) is 11.1 Å². The predicted octanol–water partition coefficient (Wildman–Crippen LogP) is 3.23. The van der Waals surface area contributed by atoms with Gasteiger partial charge in [-0.05, 0) is 41.8 Å². The molecule has 0 saturated heterocycles. The largest absolute Gasteiger partial charge is 0.573 e. The van der Waals surface area contributed by atoms with Crippen molar-refractivity contribution in [2.75, 3.05) is 0 Å². The number of pyridine rings is 1. The van der Waals surface area contributed by atoms with Gasteiger partial charge in [0, 0.05) is 25.4 Å². The van der Waals surface area contributed by atoms with E-state index in [2.05, 4.69) is 15.0 Å². The Morgan fingerprint density at radius 3 is 2.30 bits per heavy atom. The van der Waals surface area contributed by atoms with Gasteiger partial charge in [-0.1, -0.05) is 12.1 Å². The van der Waals surface area contributed by atoms with Crippen LogP contribution in [0, 0.1) is 0 Å². The third-order valence-electron chi connectivity index (χ3n) is 3.04. The van der Waals surface area contributed by atoms with Crippen molar-refractivity contribution in [2.45, 2.75) is 25.7 Å². The topological polar surface area (TPSA) is 51.2 Å². The quantitative estimate of drug-likeness (QED) is 0.887. The number of aromatic nitrogens is 1. The van der Waals surface area contributed by atoms with Gasteiger partial charge in [0.05, 0.1) is 0 Å². The van der Waals surface area contributed by atoms with Crippen LogP contribution >= 0.6 is 0 Å². The van der Waals surface area contributed by atoms with Crippen LogP contribution in [-0.2, 0) is 17.8 Å². The second kappa shape index (κ2) is 7.62. The summed E-state index contributed by atoms with van der Waals surface area (Å²) in [6, 6.07) is 9.10. The van der Waals surface area contributed by atoms with Crippen LogP contribution in [0.1, 0.15) is 17.5 Å². The van der Waals surface area contributed by atoms with Crippen molar-refractivity contribution in [3.8, 4) is 5.75 Å². The molecule has 0 aliphatic rings. The lowest BCUT2D eigenvalue weighted by atomic mass is 10.1. The normalized spacial score (nSPS) is 11.1. The minimum absolute atomic E-state index is 0.127. The van der Waals surface area contributed by atoms with Gasteiger partial charge in [0.15, 0.2) is 0 Å². The molecule has 1 heterocycles. The molecular formula is C16H15F3N2O2. The van der Waals surface area contributed by atoms with Crippen LogP contribution in [0.5, 0.6) is 5.75 Å². The highest BCUT2D eigenvalue weighted by Gasteiger charge is 2.30. The summed E-state index contributed by atoms with van der Waals surface area (Å²) >= 11 is 0. The van der Waals surface area contributed by atoms with Gasteiger partial charge < -0.3 is 10.1 Å². The molecule has 0 spiro atoms. The van der Waals surface area contributed by atoms with E-state index in [0.29, 0.717) is 13.0 Å². The molecule has 0 bridgehead atoms. The summed E-state index contributed by atoms with van der Waals surface area (Å²) in [5, 5.41) is 2.77. The molecule has 2 rings (SSSR count). The summed E-state index contributed by atoms with van der Waals surface area (Å²) < 4.78 is 39.9. The molecule has 0 aliphatic carbocycles. The van der Waals surface area contributed by atoms with Gasteiger partial charge in [-0.3, -0.25) is 9.78 Å². The van der Waals surface area contributed by atoms with E-state index < -0.39 is 6.36 Å². The molecule has 2 aromatic rings. The summed E-state index contributed by atoms with van der Waals surface area (Å²) in [6.07, 6.45) is -0.717. The minimum Gasteiger partial charge on any atom is -0.406 e. The second-order valence-corrected chi connectivity index (χ2v) is 4.82. The van der Waals surface area contributed by atoms with Crippen LogP contribution in [0.15, 0.2) is 48.8 Å². The van der Waals surface area contributed by atoms with E-state index in [1.165, 1.54) is 24.3 Å². The van der Waals surface area contributed by atoms with Gasteiger partial charge in [-0.15, -0.1) is 13.2 Å². The highest BCUT2D eigenvalue weighted by Crippen LogP contribution is 2.22. The van der Waals surface area contributed by atoms with Crippen molar-refractivity contribution in [3.05, 3.63) is 59.9 Å². The van der Waals surface area contributed by atoms with Crippen LogP contribution < -0.4 is 10.1 Å². The number of alkyl halides is 3. The first-order valence-corrected chi connectivity index (χ1v) is 6.93. The van der Waals surface area contributed by atoms with E-state index in [1.54, 1.807) is 24.5 Å². The molecule has 1 aromatic heterocycles. The van der Waals surface area contributed by atoms with Gasteiger partial charge in [0.25, 0.3) is 0 Å². The number of amides is 1. The summed E-state index contributed by atoms with van der Waals surface area (Å²) in [5.74, 6) is -0.402. The van der Waals surface area contributed by atoms with E-state index in [-0.39, 0.29) is 18.1 Å². The molecule has 0 saturated carbocycles. The van der Waals surface area contributed by atoms with Gasteiger partial charge >= 0.3 is 6.36 Å². The smallest absolute Gasteiger partial charge is 0.406 e. The Balaban J connectivity index is 1.76. The SMILES string of the molecule is O=C(CCc1ccc(OC(F)(F)F)cc1)NCc1ccncc1. The summed E-state index contributed by atoms with van der Waals surface area (Å²) in [7, 11) is 0. The zero-order valence-electron chi connectivity index (χ0n) is 12.1. The Morgan fingerprint density at radius 1 is 1.04 bits per heavy atom. The van der Waals surface area contributed by atoms with Gasteiger partial charge in [0.1, 0.15) is 5.75 Å². The number of aryl methyl sites for hydroxylation is 1. The number of carbonyl (C=O) groups excluding carboxylic acids is 1. The molecule has 0 fully saturated rings. The van der Waals surface area contributed by atoms with Crippen molar-refractivity contribution in [3.63, 3.8) is 0 Å². The lowest BCUT2D eigenvalue weighted by Crippen LogP contribution is -2.23. The van der Waals surface area contributed by atoms with Crippen molar-refractivity contribution >= 4 is 5.91 Å². The van der Waals surface area contributed by atoms with Crippen molar-refractivity contribution < 1.29 is 22.7 Å². The highest BCUT2D eigenvalue weighted by molar-refractivity contribution is 5.76. The average molecular weight is 324 g/mol. The highest BCUT2D eigenvalue weighted by atomic mass is 19.4. The number of halogens is 3. The summed E-state index contributed by atoms with van der Waals surface area (Å²) in [4.78, 5) is 15.6. The predicted molar refractivity (Wildman–Crippen MR) is 77.5 cm³/mol. The molecule has 4 nitrogen and oxygen atoms in total. The minimum atomic E-state index is -4.70. The molecule has 23 heavy (non-hydrogen) atoms. The van der Waals surface area contributed by atoms with Gasteiger partial charge in [-0.2, -0.15) is 0 Å². The Labute approximate surface area is 131 Å². The first-order chi connectivity index (χ1) is 10.9. The molecule has 0 radical (unpaired) electrons. The van der Waals surface area contributed by atoms with E-state index in [1.807, 2.05) is 0 Å². The van der Waals surface area contributed by atoms with Gasteiger partial charge in [0.2, 0.25) is 5.91 Å². The average Bonchev–Trinajstić information content (AvgIpc) is 2.52. The summed E-state index contributed by atoms with van der Waals surface area (Å²) in [6.45, 7) is 0.416. The first kappa shape index (κ1) is 16.8. The molecule has 0 aliphatic heterocycles. The van der Waals surface area contributed by atoms with Crippen LogP contribution in [0.4, 0.5) is 13.2 Å². The Morgan fingerprint density at radius 2 is 1.70 bits per heavy atom. The van der Waals surface area contributed by atoms with Crippen LogP contribution in [0.2, 0.25) is 0 Å². The number of carbonyl (C=O) groups is 1. The lowest BCUT2D eigenvalue weighted by molar-refractivity contribution is -0.274. The van der Waals surface area contributed by atoms with Gasteiger partial charge in [-0.25, -0.2) is 0 Å². The monoisotopic (exact) mass is 324 g/mol. The summed E-state index contributed by atoms with van der Waals surface area (Å²) in [5.41, 5.74) is 1.71. The second-order valence-electron chi connectivity index (χ2n) is 4.82. The Hall–Kier alpha value is -2.57. The maximum atomic E-state index is 12.0. The maximum Gasteiger partial charge on any atom is 0.573 e. The van der Waals surface area contributed by atoms with Crippen LogP contribution in [-0.4, -0.2) is 17.3 Å². The molecule has 0 atom stereocenters. The van der Waals surface area contributed by atoms with E-state index >= 15 is 0 Å². The fourth-order valence-corrected chi connectivity index (χ4v) is 1.91. The van der Waals surface area contributed by atoms with Crippen LogP contribution in [0.3, 0.4) is 0 Å². The Bertz CT molecular complexity index is 628. The number of ether oxygens (including phenoxy) is 1. The molecular weight excluding hydrogens is 309 g/mol. The molecule has 122 valence electrons. The Kier molecular flexibility index (Phi) is 5.56. The number of rotatable bonds is 6. The molecule has 7 heteroatoms. The van der Waals surface area contributed by atoms with Crippen molar-refractivity contribution in [1.29, 1.82) is 0 Å². The molecule has 1 aromatic carbocycles. The number of hydrogen-bond donors (Lipinski definition) is 1. The standard InChI is InChI=1S/C16H15F3N2O2/c17-16(18,19)23-14-4-1-12(2-5-14)3-6-15(22)21-11-13-7-9-20-10-8-13/h1-2,4-5,7-10H,3,6,11H2,(H,21,22). The maximum absolute atomic E-state index is 12.0. The van der Waals surface area contributed by atoms with Crippen molar-refractivity contribution in [2.24, 2.45) is 0 Å².